The molecule has 68 valence electrons. The van der Waals surface area contributed by atoms with E-state index in [-0.39, 0.29) is 5.91 Å². The number of hydrogen-bond donors (Lipinski definition) is 1. The molecule has 3 heteroatoms. The molecule has 0 aromatic carbocycles. The van der Waals surface area contributed by atoms with Crippen molar-refractivity contribution < 1.29 is 4.79 Å². The number of carbonyl (C=O) groups excluding carboxylic acids is 1. The van der Waals surface area contributed by atoms with Crippen molar-refractivity contribution in [1.82, 2.24) is 10.2 Å². The minimum absolute atomic E-state index is 0.219. The SMILES string of the molecule is CC(=O)N1CNC2CCCCC21. The fraction of sp³-hybridized carbons (Fsp3) is 0.889. The van der Waals surface area contributed by atoms with Gasteiger partial charge in [-0.05, 0) is 12.8 Å². The smallest absolute Gasteiger partial charge is 0.220 e. The Hall–Kier alpha value is -0.570. The van der Waals surface area contributed by atoms with Crippen LogP contribution in [0.3, 0.4) is 0 Å². The molecule has 0 aromatic rings. The van der Waals surface area contributed by atoms with Crippen molar-refractivity contribution in [3.8, 4) is 0 Å². The van der Waals surface area contributed by atoms with Crippen LogP contribution in [0.2, 0.25) is 0 Å². The van der Waals surface area contributed by atoms with Crippen LogP contribution in [0.4, 0.5) is 0 Å². The third kappa shape index (κ3) is 1.22. The molecule has 1 amide bonds. The van der Waals surface area contributed by atoms with Gasteiger partial charge in [0.2, 0.25) is 5.91 Å². The van der Waals surface area contributed by atoms with Gasteiger partial charge in [0, 0.05) is 19.0 Å². The van der Waals surface area contributed by atoms with Crippen molar-refractivity contribution in [2.75, 3.05) is 6.67 Å². The molecule has 1 heterocycles. The maximum atomic E-state index is 11.2. The number of rotatable bonds is 0. The summed E-state index contributed by atoms with van der Waals surface area (Å²) in [7, 11) is 0. The quantitative estimate of drug-likeness (QED) is 0.577. The van der Waals surface area contributed by atoms with Crippen LogP contribution in [0.25, 0.3) is 0 Å². The van der Waals surface area contributed by atoms with Crippen LogP contribution < -0.4 is 5.32 Å². The first-order valence-corrected chi connectivity index (χ1v) is 4.79. The summed E-state index contributed by atoms with van der Waals surface area (Å²) >= 11 is 0. The van der Waals surface area contributed by atoms with Gasteiger partial charge >= 0.3 is 0 Å². The number of nitrogens with one attached hydrogen (secondary N) is 1. The predicted molar refractivity (Wildman–Crippen MR) is 46.6 cm³/mol. The van der Waals surface area contributed by atoms with Crippen LogP contribution in [0.15, 0.2) is 0 Å². The normalized spacial score (nSPS) is 34.9. The van der Waals surface area contributed by atoms with E-state index in [1.807, 2.05) is 4.90 Å². The zero-order valence-corrected chi connectivity index (χ0v) is 7.55. The van der Waals surface area contributed by atoms with Gasteiger partial charge in [-0.15, -0.1) is 0 Å². The van der Waals surface area contributed by atoms with Crippen LogP contribution in [-0.4, -0.2) is 29.6 Å². The van der Waals surface area contributed by atoms with E-state index < -0.39 is 0 Å². The van der Waals surface area contributed by atoms with Crippen molar-refractivity contribution in [3.05, 3.63) is 0 Å². The molecular weight excluding hydrogens is 152 g/mol. The highest BCUT2D eigenvalue weighted by molar-refractivity contribution is 5.74. The Balaban J connectivity index is 2.05. The summed E-state index contributed by atoms with van der Waals surface area (Å²) < 4.78 is 0. The molecule has 0 bridgehead atoms. The van der Waals surface area contributed by atoms with Gasteiger partial charge in [0.05, 0.1) is 6.67 Å². The Morgan fingerprint density at radius 1 is 1.42 bits per heavy atom. The molecule has 3 nitrogen and oxygen atoms in total. The third-order valence-electron chi connectivity index (χ3n) is 3.06. The van der Waals surface area contributed by atoms with Gasteiger partial charge < -0.3 is 4.90 Å². The second-order valence-corrected chi connectivity index (χ2v) is 3.81. The monoisotopic (exact) mass is 168 g/mol. The average molecular weight is 168 g/mol. The minimum atomic E-state index is 0.219. The van der Waals surface area contributed by atoms with Crippen LogP contribution >= 0.6 is 0 Å². The fourth-order valence-corrected chi connectivity index (χ4v) is 2.40. The van der Waals surface area contributed by atoms with Gasteiger partial charge in [-0.2, -0.15) is 0 Å². The molecule has 2 unspecified atom stereocenters. The van der Waals surface area contributed by atoms with Crippen molar-refractivity contribution in [1.29, 1.82) is 0 Å². The van der Waals surface area contributed by atoms with E-state index in [4.69, 9.17) is 0 Å². The molecule has 0 spiro atoms. The first-order valence-electron chi connectivity index (χ1n) is 4.79. The van der Waals surface area contributed by atoms with E-state index in [9.17, 15) is 4.79 Å². The van der Waals surface area contributed by atoms with Crippen molar-refractivity contribution in [2.24, 2.45) is 0 Å². The molecule has 1 aliphatic heterocycles. The maximum Gasteiger partial charge on any atom is 0.220 e. The van der Waals surface area contributed by atoms with Gasteiger partial charge in [-0.25, -0.2) is 0 Å². The van der Waals surface area contributed by atoms with E-state index in [2.05, 4.69) is 5.32 Å². The largest absolute Gasteiger partial charge is 0.326 e. The lowest BCUT2D eigenvalue weighted by molar-refractivity contribution is -0.130. The molecule has 2 aliphatic rings. The number of nitrogens with zero attached hydrogens (tertiary/aromatic N) is 1. The lowest BCUT2D eigenvalue weighted by atomic mass is 9.91. The van der Waals surface area contributed by atoms with Crippen LogP contribution in [0.5, 0.6) is 0 Å². The molecule has 1 saturated carbocycles. The zero-order chi connectivity index (χ0) is 8.55. The molecule has 2 rings (SSSR count). The Kier molecular flexibility index (Phi) is 2.05. The highest BCUT2D eigenvalue weighted by atomic mass is 16.2. The summed E-state index contributed by atoms with van der Waals surface area (Å²) in [6, 6.07) is 1.08. The topological polar surface area (TPSA) is 32.3 Å². The average Bonchev–Trinajstić information content (AvgIpc) is 2.47. The molecule has 0 radical (unpaired) electrons. The summed E-state index contributed by atoms with van der Waals surface area (Å²) in [5.41, 5.74) is 0. The highest BCUT2D eigenvalue weighted by Crippen LogP contribution is 2.26. The highest BCUT2D eigenvalue weighted by Gasteiger charge is 2.36. The van der Waals surface area contributed by atoms with E-state index in [1.165, 1.54) is 25.7 Å². The number of carbonyl (C=O) groups is 1. The molecule has 2 atom stereocenters. The molecule has 2 fully saturated rings. The van der Waals surface area contributed by atoms with Crippen LogP contribution in [0, 0.1) is 0 Å². The Bertz CT molecular complexity index is 193. The molecular formula is C9H16N2O. The standard InChI is InChI=1S/C9H16N2O/c1-7(12)11-6-10-8-4-2-3-5-9(8)11/h8-10H,2-6H2,1H3. The number of amides is 1. The van der Waals surface area contributed by atoms with E-state index in [0.717, 1.165) is 6.67 Å². The summed E-state index contributed by atoms with van der Waals surface area (Å²) in [5.74, 6) is 0.219. The summed E-state index contributed by atoms with van der Waals surface area (Å²) in [6.07, 6.45) is 5.04. The van der Waals surface area contributed by atoms with Crippen molar-refractivity contribution in [3.63, 3.8) is 0 Å². The molecule has 1 N–H and O–H groups in total. The van der Waals surface area contributed by atoms with Gasteiger partial charge in [-0.3, -0.25) is 10.1 Å². The first kappa shape index (κ1) is 8.05. The number of fused-ring (bicyclic) bond motifs is 1. The fourth-order valence-electron chi connectivity index (χ4n) is 2.40. The summed E-state index contributed by atoms with van der Waals surface area (Å²) in [5, 5.41) is 3.40. The molecule has 1 saturated heterocycles. The van der Waals surface area contributed by atoms with Crippen LogP contribution in [-0.2, 0) is 4.79 Å². The van der Waals surface area contributed by atoms with Crippen LogP contribution in [0.1, 0.15) is 32.6 Å². The van der Waals surface area contributed by atoms with E-state index in [0.29, 0.717) is 12.1 Å². The van der Waals surface area contributed by atoms with E-state index in [1.54, 1.807) is 6.92 Å². The third-order valence-corrected chi connectivity index (χ3v) is 3.06. The van der Waals surface area contributed by atoms with Gasteiger partial charge in [0.15, 0.2) is 0 Å². The second kappa shape index (κ2) is 3.05. The van der Waals surface area contributed by atoms with E-state index >= 15 is 0 Å². The lowest BCUT2D eigenvalue weighted by Crippen LogP contribution is -2.40. The predicted octanol–water partition coefficient (Wildman–Crippen LogP) is 0.707. The molecule has 12 heavy (non-hydrogen) atoms. The molecule has 1 aliphatic carbocycles. The number of hydrogen-bond acceptors (Lipinski definition) is 2. The Morgan fingerprint density at radius 3 is 2.92 bits per heavy atom. The van der Waals surface area contributed by atoms with Crippen molar-refractivity contribution in [2.45, 2.75) is 44.7 Å². The summed E-state index contributed by atoms with van der Waals surface area (Å²) in [6.45, 7) is 2.43. The maximum absolute atomic E-state index is 11.2. The molecule has 0 aromatic heterocycles. The van der Waals surface area contributed by atoms with Gasteiger partial charge in [0.1, 0.15) is 0 Å². The Morgan fingerprint density at radius 2 is 2.17 bits per heavy atom. The second-order valence-electron chi connectivity index (χ2n) is 3.81. The van der Waals surface area contributed by atoms with Gasteiger partial charge in [0.25, 0.3) is 0 Å². The minimum Gasteiger partial charge on any atom is -0.326 e. The lowest BCUT2D eigenvalue weighted by Gasteiger charge is -2.29. The summed E-state index contributed by atoms with van der Waals surface area (Å²) in [4.78, 5) is 13.2. The van der Waals surface area contributed by atoms with Crippen molar-refractivity contribution >= 4 is 5.91 Å². The first-order chi connectivity index (χ1) is 5.79. The van der Waals surface area contributed by atoms with Gasteiger partial charge in [-0.1, -0.05) is 12.8 Å². The zero-order valence-electron chi connectivity index (χ0n) is 7.55. The Labute approximate surface area is 73.1 Å².